The van der Waals surface area contributed by atoms with E-state index in [0.29, 0.717) is 17.1 Å². The number of pyridine rings is 1. The molecule has 0 aliphatic rings. The molecule has 0 bridgehead atoms. The fourth-order valence-corrected chi connectivity index (χ4v) is 1.76. The maximum Gasteiger partial charge on any atom is 0.341 e. The van der Waals surface area contributed by atoms with Gasteiger partial charge in [-0.2, -0.15) is 0 Å². The predicted octanol–water partition coefficient (Wildman–Crippen LogP) is 2.16. The van der Waals surface area contributed by atoms with Crippen LogP contribution < -0.4 is 11.1 Å². The lowest BCUT2D eigenvalue weighted by Crippen LogP contribution is -2.07. The van der Waals surface area contributed by atoms with Gasteiger partial charge in [-0.3, -0.25) is 0 Å². The molecule has 1 aromatic carbocycles. The Kier molecular flexibility index (Phi) is 3.66. The van der Waals surface area contributed by atoms with Crippen molar-refractivity contribution in [3.63, 3.8) is 0 Å². The summed E-state index contributed by atoms with van der Waals surface area (Å²) in [5.74, 6) is 0.0696. The van der Waals surface area contributed by atoms with Gasteiger partial charge in [0.15, 0.2) is 0 Å². The van der Waals surface area contributed by atoms with Crippen LogP contribution in [0.3, 0.4) is 0 Å². The minimum Gasteiger partial charge on any atom is -0.465 e. The average molecular weight is 257 g/mol. The second-order valence-electron chi connectivity index (χ2n) is 3.98. The van der Waals surface area contributed by atoms with Gasteiger partial charge < -0.3 is 15.8 Å². The molecule has 1 aromatic heterocycles. The number of benzene rings is 1. The van der Waals surface area contributed by atoms with Crippen molar-refractivity contribution in [1.29, 1.82) is 0 Å². The lowest BCUT2D eigenvalue weighted by molar-refractivity contribution is 0.0601. The SMILES string of the molecule is CNc1ncc(-c2ccc(N)cc2)cc1C(=O)OC. The van der Waals surface area contributed by atoms with Gasteiger partial charge in [-0.25, -0.2) is 9.78 Å². The molecule has 5 nitrogen and oxygen atoms in total. The van der Waals surface area contributed by atoms with Crippen molar-refractivity contribution < 1.29 is 9.53 Å². The molecule has 2 aromatic rings. The van der Waals surface area contributed by atoms with Crippen LogP contribution in [0.1, 0.15) is 10.4 Å². The van der Waals surface area contributed by atoms with Crippen LogP contribution in [-0.4, -0.2) is 25.1 Å². The fourth-order valence-electron chi connectivity index (χ4n) is 1.76. The van der Waals surface area contributed by atoms with E-state index in [0.717, 1.165) is 11.1 Å². The fraction of sp³-hybridized carbons (Fsp3) is 0.143. The number of rotatable bonds is 3. The zero-order valence-corrected chi connectivity index (χ0v) is 10.8. The van der Waals surface area contributed by atoms with Crippen LogP contribution in [0.15, 0.2) is 36.5 Å². The summed E-state index contributed by atoms with van der Waals surface area (Å²) in [5.41, 5.74) is 8.52. The zero-order valence-electron chi connectivity index (χ0n) is 10.8. The predicted molar refractivity (Wildman–Crippen MR) is 75.0 cm³/mol. The highest BCUT2D eigenvalue weighted by Crippen LogP contribution is 2.24. The highest BCUT2D eigenvalue weighted by atomic mass is 16.5. The Morgan fingerprint density at radius 3 is 2.53 bits per heavy atom. The van der Waals surface area contributed by atoms with Crippen LogP contribution in [0.25, 0.3) is 11.1 Å². The summed E-state index contributed by atoms with van der Waals surface area (Å²) in [5, 5.41) is 2.87. The Hall–Kier alpha value is -2.56. The number of carbonyl (C=O) groups excluding carboxylic acids is 1. The molecular formula is C14H15N3O2. The summed E-state index contributed by atoms with van der Waals surface area (Å²) in [4.78, 5) is 15.9. The smallest absolute Gasteiger partial charge is 0.341 e. The number of nitrogens with one attached hydrogen (secondary N) is 1. The molecule has 0 aliphatic heterocycles. The molecule has 0 aliphatic carbocycles. The molecule has 0 saturated heterocycles. The van der Waals surface area contributed by atoms with E-state index in [4.69, 9.17) is 10.5 Å². The molecule has 0 spiro atoms. The molecule has 19 heavy (non-hydrogen) atoms. The highest BCUT2D eigenvalue weighted by molar-refractivity contribution is 5.96. The first kappa shape index (κ1) is 12.9. The number of nitrogens with zero attached hydrogens (tertiary/aromatic N) is 1. The maximum atomic E-state index is 11.7. The first-order valence-electron chi connectivity index (χ1n) is 5.77. The topological polar surface area (TPSA) is 77.2 Å². The molecule has 98 valence electrons. The molecule has 0 atom stereocenters. The van der Waals surface area contributed by atoms with Crippen LogP contribution >= 0.6 is 0 Å². The van der Waals surface area contributed by atoms with E-state index in [2.05, 4.69) is 10.3 Å². The molecule has 0 unspecified atom stereocenters. The minimum absolute atomic E-state index is 0.402. The van der Waals surface area contributed by atoms with Crippen molar-refractivity contribution in [1.82, 2.24) is 4.98 Å². The average Bonchev–Trinajstić information content (AvgIpc) is 2.46. The molecule has 1 heterocycles. The summed E-state index contributed by atoms with van der Waals surface area (Å²) in [6.45, 7) is 0. The van der Waals surface area contributed by atoms with Crippen molar-refractivity contribution in [3.05, 3.63) is 42.1 Å². The van der Waals surface area contributed by atoms with E-state index >= 15 is 0 Å². The van der Waals surface area contributed by atoms with Gasteiger partial charge in [-0.05, 0) is 23.8 Å². The quantitative estimate of drug-likeness (QED) is 0.651. The van der Waals surface area contributed by atoms with Gasteiger partial charge in [0.25, 0.3) is 0 Å². The number of hydrogen-bond acceptors (Lipinski definition) is 5. The molecule has 3 N–H and O–H groups in total. The summed E-state index contributed by atoms with van der Waals surface area (Å²) < 4.78 is 4.75. The van der Waals surface area contributed by atoms with Gasteiger partial charge in [-0.15, -0.1) is 0 Å². The van der Waals surface area contributed by atoms with Crippen molar-refractivity contribution >= 4 is 17.5 Å². The molecule has 0 fully saturated rings. The number of aromatic nitrogens is 1. The minimum atomic E-state index is -0.422. The number of anilines is 2. The van der Waals surface area contributed by atoms with Gasteiger partial charge in [0.1, 0.15) is 11.4 Å². The number of nitrogen functional groups attached to an aromatic ring is 1. The standard InChI is InChI=1S/C14H15N3O2/c1-16-13-12(14(18)19-2)7-10(8-17-13)9-3-5-11(15)6-4-9/h3-8H,15H2,1-2H3,(H,16,17). The van der Waals surface area contributed by atoms with Crippen LogP contribution in [0, 0.1) is 0 Å². The van der Waals surface area contributed by atoms with Crippen LogP contribution in [-0.2, 0) is 4.74 Å². The molecule has 2 rings (SSSR count). The highest BCUT2D eigenvalue weighted by Gasteiger charge is 2.13. The second kappa shape index (κ2) is 5.39. The van der Waals surface area contributed by atoms with E-state index in [-0.39, 0.29) is 0 Å². The number of ether oxygens (including phenoxy) is 1. The largest absolute Gasteiger partial charge is 0.465 e. The van der Waals surface area contributed by atoms with E-state index in [1.165, 1.54) is 7.11 Å². The van der Waals surface area contributed by atoms with E-state index in [1.54, 1.807) is 31.4 Å². The number of esters is 1. The number of methoxy groups -OCH3 is 1. The van der Waals surface area contributed by atoms with Crippen LogP contribution in [0.5, 0.6) is 0 Å². The Bertz CT molecular complexity index is 594. The summed E-state index contributed by atoms with van der Waals surface area (Å²) in [6.07, 6.45) is 1.70. The molecule has 0 amide bonds. The third-order valence-corrected chi connectivity index (χ3v) is 2.77. The zero-order chi connectivity index (χ0) is 13.8. The van der Waals surface area contributed by atoms with Crippen molar-refractivity contribution in [2.45, 2.75) is 0 Å². The van der Waals surface area contributed by atoms with E-state index in [9.17, 15) is 4.79 Å². The Morgan fingerprint density at radius 1 is 1.26 bits per heavy atom. The van der Waals surface area contributed by atoms with E-state index in [1.807, 2.05) is 12.1 Å². The summed E-state index contributed by atoms with van der Waals surface area (Å²) in [6, 6.07) is 9.12. The second-order valence-corrected chi connectivity index (χ2v) is 3.98. The monoisotopic (exact) mass is 257 g/mol. The first-order valence-corrected chi connectivity index (χ1v) is 5.77. The van der Waals surface area contributed by atoms with Crippen molar-refractivity contribution in [3.8, 4) is 11.1 Å². The molecule has 0 radical (unpaired) electrons. The number of nitrogens with two attached hydrogens (primary N) is 1. The van der Waals surface area contributed by atoms with Crippen molar-refractivity contribution in [2.24, 2.45) is 0 Å². The van der Waals surface area contributed by atoms with E-state index < -0.39 is 5.97 Å². The lowest BCUT2D eigenvalue weighted by atomic mass is 10.1. The Morgan fingerprint density at radius 2 is 1.95 bits per heavy atom. The number of carbonyl (C=O) groups is 1. The van der Waals surface area contributed by atoms with Gasteiger partial charge >= 0.3 is 5.97 Å². The summed E-state index contributed by atoms with van der Waals surface area (Å²) in [7, 11) is 3.05. The van der Waals surface area contributed by atoms with Gasteiger partial charge in [-0.1, -0.05) is 12.1 Å². The third kappa shape index (κ3) is 2.65. The number of hydrogen-bond donors (Lipinski definition) is 2. The Balaban J connectivity index is 2.48. The first-order chi connectivity index (χ1) is 9.15. The molecule has 0 saturated carbocycles. The van der Waals surface area contributed by atoms with Gasteiger partial charge in [0.05, 0.1) is 7.11 Å². The third-order valence-electron chi connectivity index (χ3n) is 2.77. The Labute approximate surface area is 111 Å². The lowest BCUT2D eigenvalue weighted by Gasteiger charge is -2.09. The van der Waals surface area contributed by atoms with Gasteiger partial charge in [0.2, 0.25) is 0 Å². The van der Waals surface area contributed by atoms with Gasteiger partial charge in [0, 0.05) is 24.5 Å². The molecule has 5 heteroatoms. The molecular weight excluding hydrogens is 242 g/mol. The summed E-state index contributed by atoms with van der Waals surface area (Å²) >= 11 is 0. The van der Waals surface area contributed by atoms with Crippen molar-refractivity contribution in [2.75, 3.05) is 25.2 Å². The normalized spacial score (nSPS) is 10.0. The van der Waals surface area contributed by atoms with Crippen LogP contribution in [0.4, 0.5) is 11.5 Å². The van der Waals surface area contributed by atoms with Crippen LogP contribution in [0.2, 0.25) is 0 Å². The maximum absolute atomic E-state index is 11.7.